The van der Waals surface area contributed by atoms with Gasteiger partial charge >= 0.3 is 0 Å². The summed E-state index contributed by atoms with van der Waals surface area (Å²) < 4.78 is 1.62. The van der Waals surface area contributed by atoms with Gasteiger partial charge in [0.05, 0.1) is 6.33 Å². The Labute approximate surface area is 81.4 Å². The topological polar surface area (TPSA) is 34.9 Å². The van der Waals surface area contributed by atoms with Crippen molar-refractivity contribution >= 4 is 11.6 Å². The molecule has 0 radical (unpaired) electrons. The summed E-state index contributed by atoms with van der Waals surface area (Å²) in [5.74, 6) is 0.836. The molecule has 3 nitrogen and oxygen atoms in total. The van der Waals surface area contributed by atoms with E-state index >= 15 is 0 Å². The number of rotatable bonds is 3. The van der Waals surface area contributed by atoms with E-state index in [-0.39, 0.29) is 10.7 Å². The van der Waals surface area contributed by atoms with Crippen molar-refractivity contribution in [2.24, 2.45) is 5.92 Å². The minimum Gasteiger partial charge on any atom is -0.299 e. The largest absolute Gasteiger partial charge is 0.299 e. The maximum Gasteiger partial charge on any atom is 0.254 e. The van der Waals surface area contributed by atoms with E-state index < -0.39 is 0 Å². The minimum absolute atomic E-state index is 0.0550. The van der Waals surface area contributed by atoms with Crippen molar-refractivity contribution in [2.75, 3.05) is 0 Å². The molecule has 0 N–H and O–H groups in total. The highest BCUT2D eigenvalue weighted by molar-refractivity contribution is 6.29. The Balaban J connectivity index is 2.06. The molecule has 13 heavy (non-hydrogen) atoms. The second kappa shape index (κ2) is 3.50. The molecule has 1 saturated carbocycles. The van der Waals surface area contributed by atoms with Crippen LogP contribution in [0.15, 0.2) is 17.2 Å². The summed E-state index contributed by atoms with van der Waals surface area (Å²) in [6.07, 6.45) is 5.24. The molecule has 2 rings (SSSR count). The number of aromatic nitrogens is 2. The van der Waals surface area contributed by atoms with Crippen molar-refractivity contribution in [1.82, 2.24) is 9.55 Å². The fourth-order valence-electron chi connectivity index (χ4n) is 1.30. The predicted molar refractivity (Wildman–Crippen MR) is 50.8 cm³/mol. The molecule has 0 atom stereocenters. The van der Waals surface area contributed by atoms with Crippen molar-refractivity contribution < 1.29 is 0 Å². The molecule has 1 aliphatic rings. The van der Waals surface area contributed by atoms with Crippen LogP contribution in [0.25, 0.3) is 0 Å². The van der Waals surface area contributed by atoms with Crippen molar-refractivity contribution in [1.29, 1.82) is 0 Å². The number of hydrogen-bond acceptors (Lipinski definition) is 2. The molecular weight excluding hydrogens is 188 g/mol. The Morgan fingerprint density at radius 2 is 2.38 bits per heavy atom. The van der Waals surface area contributed by atoms with E-state index in [1.807, 2.05) is 0 Å². The summed E-state index contributed by atoms with van der Waals surface area (Å²) in [5.41, 5.74) is -0.0550. The summed E-state index contributed by atoms with van der Waals surface area (Å²) in [7, 11) is 0. The molecule has 0 saturated heterocycles. The molecule has 1 aliphatic carbocycles. The molecule has 0 aromatic carbocycles. The molecule has 0 amide bonds. The van der Waals surface area contributed by atoms with Crippen LogP contribution in [0.1, 0.15) is 19.3 Å². The van der Waals surface area contributed by atoms with Crippen molar-refractivity contribution in [3.63, 3.8) is 0 Å². The van der Waals surface area contributed by atoms with Gasteiger partial charge in [0.15, 0.2) is 0 Å². The highest BCUT2D eigenvalue weighted by Gasteiger charge is 2.20. The lowest BCUT2D eigenvalue weighted by Crippen LogP contribution is -2.19. The Hall–Kier alpha value is -0.830. The molecule has 70 valence electrons. The number of aryl methyl sites for hydroxylation is 1. The predicted octanol–water partition coefficient (Wildman–Crippen LogP) is 1.70. The van der Waals surface area contributed by atoms with E-state index in [9.17, 15) is 4.79 Å². The van der Waals surface area contributed by atoms with Gasteiger partial charge in [0.2, 0.25) is 0 Å². The first kappa shape index (κ1) is 8.75. The van der Waals surface area contributed by atoms with Gasteiger partial charge in [-0.25, -0.2) is 4.98 Å². The van der Waals surface area contributed by atoms with E-state index in [1.54, 1.807) is 4.57 Å². The van der Waals surface area contributed by atoms with Gasteiger partial charge in [0.25, 0.3) is 5.56 Å². The normalized spacial score (nSPS) is 16.1. The van der Waals surface area contributed by atoms with E-state index in [4.69, 9.17) is 11.6 Å². The van der Waals surface area contributed by atoms with E-state index in [1.165, 1.54) is 25.2 Å². The summed E-state index contributed by atoms with van der Waals surface area (Å²) in [6, 6.07) is 1.36. The second-order valence-electron chi connectivity index (χ2n) is 3.48. The highest BCUT2D eigenvalue weighted by atomic mass is 35.5. The molecule has 4 heteroatoms. The van der Waals surface area contributed by atoms with E-state index in [0.717, 1.165) is 18.9 Å². The zero-order chi connectivity index (χ0) is 9.26. The first-order chi connectivity index (χ1) is 6.25. The van der Waals surface area contributed by atoms with Gasteiger partial charge in [-0.3, -0.25) is 9.36 Å². The standard InChI is InChI=1S/C9H11ClN2O/c10-8-5-9(13)12(6-11-8)4-3-7-1-2-7/h5-7H,1-4H2. The monoisotopic (exact) mass is 198 g/mol. The quantitative estimate of drug-likeness (QED) is 0.693. The van der Waals surface area contributed by atoms with Gasteiger partial charge in [-0.15, -0.1) is 0 Å². The molecule has 0 unspecified atom stereocenters. The fourth-order valence-corrected chi connectivity index (χ4v) is 1.44. The van der Waals surface area contributed by atoms with Crippen molar-refractivity contribution in [2.45, 2.75) is 25.8 Å². The Morgan fingerprint density at radius 3 is 3.00 bits per heavy atom. The van der Waals surface area contributed by atoms with Crippen LogP contribution in [0.5, 0.6) is 0 Å². The lowest BCUT2D eigenvalue weighted by molar-refractivity contribution is 0.573. The van der Waals surface area contributed by atoms with Gasteiger partial charge in [0.1, 0.15) is 5.15 Å². The van der Waals surface area contributed by atoms with Gasteiger partial charge in [0, 0.05) is 12.6 Å². The van der Waals surface area contributed by atoms with Gasteiger partial charge in [-0.05, 0) is 12.3 Å². The van der Waals surface area contributed by atoms with Gasteiger partial charge in [-0.1, -0.05) is 24.4 Å². The lowest BCUT2D eigenvalue weighted by Gasteiger charge is -2.02. The maximum absolute atomic E-state index is 11.3. The first-order valence-electron chi connectivity index (χ1n) is 4.48. The summed E-state index contributed by atoms with van der Waals surface area (Å²) in [4.78, 5) is 15.2. The van der Waals surface area contributed by atoms with Crippen LogP contribution in [0.4, 0.5) is 0 Å². The molecule has 0 spiro atoms. The third-order valence-electron chi connectivity index (χ3n) is 2.32. The molecular formula is C9H11ClN2O. The average molecular weight is 199 g/mol. The number of halogens is 1. The summed E-state index contributed by atoms with van der Waals surface area (Å²) >= 11 is 5.57. The molecule has 1 aromatic rings. The van der Waals surface area contributed by atoms with Crippen LogP contribution in [0.3, 0.4) is 0 Å². The maximum atomic E-state index is 11.3. The minimum atomic E-state index is -0.0550. The number of hydrogen-bond donors (Lipinski definition) is 0. The van der Waals surface area contributed by atoms with Crippen LogP contribution in [0.2, 0.25) is 5.15 Å². The molecule has 1 aromatic heterocycles. The SMILES string of the molecule is O=c1cc(Cl)ncn1CCC1CC1. The van der Waals surface area contributed by atoms with Crippen LogP contribution in [-0.2, 0) is 6.54 Å². The second-order valence-corrected chi connectivity index (χ2v) is 3.86. The lowest BCUT2D eigenvalue weighted by atomic mass is 10.3. The zero-order valence-corrected chi connectivity index (χ0v) is 8.00. The van der Waals surface area contributed by atoms with Crippen LogP contribution >= 0.6 is 11.6 Å². The van der Waals surface area contributed by atoms with Crippen LogP contribution < -0.4 is 5.56 Å². The van der Waals surface area contributed by atoms with Crippen molar-refractivity contribution in [3.8, 4) is 0 Å². The molecule has 1 fully saturated rings. The van der Waals surface area contributed by atoms with Gasteiger partial charge < -0.3 is 0 Å². The molecule has 1 heterocycles. The Morgan fingerprint density at radius 1 is 1.62 bits per heavy atom. The number of nitrogens with zero attached hydrogens (tertiary/aromatic N) is 2. The van der Waals surface area contributed by atoms with Crippen LogP contribution in [0, 0.1) is 5.92 Å². The summed E-state index contributed by atoms with van der Waals surface area (Å²) in [5, 5.41) is 0.271. The highest BCUT2D eigenvalue weighted by Crippen LogP contribution is 2.32. The molecule has 0 aliphatic heterocycles. The average Bonchev–Trinajstić information content (AvgIpc) is 2.86. The Kier molecular flexibility index (Phi) is 2.36. The van der Waals surface area contributed by atoms with E-state index in [0.29, 0.717) is 0 Å². The first-order valence-corrected chi connectivity index (χ1v) is 4.85. The third-order valence-corrected chi connectivity index (χ3v) is 2.53. The van der Waals surface area contributed by atoms with Crippen molar-refractivity contribution in [3.05, 3.63) is 27.9 Å². The smallest absolute Gasteiger partial charge is 0.254 e. The van der Waals surface area contributed by atoms with E-state index in [2.05, 4.69) is 4.98 Å². The Bertz CT molecular complexity index is 357. The fraction of sp³-hybridized carbons (Fsp3) is 0.556. The van der Waals surface area contributed by atoms with Gasteiger partial charge in [-0.2, -0.15) is 0 Å². The molecule has 0 bridgehead atoms. The van der Waals surface area contributed by atoms with Crippen LogP contribution in [-0.4, -0.2) is 9.55 Å². The zero-order valence-electron chi connectivity index (χ0n) is 7.24. The summed E-state index contributed by atoms with van der Waals surface area (Å²) in [6.45, 7) is 0.771. The third kappa shape index (κ3) is 2.31.